The summed E-state index contributed by atoms with van der Waals surface area (Å²) in [5, 5.41) is 41.0. The predicted octanol–water partition coefficient (Wildman–Crippen LogP) is 2.95. The van der Waals surface area contributed by atoms with Gasteiger partial charge in [-0.3, -0.25) is 0 Å². The Hall–Kier alpha value is -3.24. The molecule has 0 bridgehead atoms. The van der Waals surface area contributed by atoms with E-state index in [0.29, 0.717) is 16.8 Å². The van der Waals surface area contributed by atoms with Crippen LogP contribution in [0.5, 0.6) is 11.5 Å². The van der Waals surface area contributed by atoms with Gasteiger partial charge in [0, 0.05) is 11.7 Å². The van der Waals surface area contributed by atoms with E-state index in [1.807, 2.05) is 19.9 Å². The first-order valence-electron chi connectivity index (χ1n) is 8.09. The van der Waals surface area contributed by atoms with Gasteiger partial charge in [0.15, 0.2) is 11.5 Å². The van der Waals surface area contributed by atoms with E-state index in [0.717, 1.165) is 0 Å². The number of carbonyl (C=O) groups is 1. The molecular formula is C19H21N3O4. The smallest absolute Gasteiger partial charge is 0.322 e. The number of nitriles is 1. The lowest BCUT2D eigenvalue weighted by molar-refractivity contribution is 0.113. The molecule has 26 heavy (non-hydrogen) atoms. The van der Waals surface area contributed by atoms with Crippen molar-refractivity contribution >= 4 is 11.7 Å². The molecule has 0 aromatic heterocycles. The van der Waals surface area contributed by atoms with Crippen LogP contribution in [0.4, 0.5) is 10.5 Å². The van der Waals surface area contributed by atoms with Crippen molar-refractivity contribution in [1.82, 2.24) is 4.90 Å². The minimum Gasteiger partial charge on any atom is -0.504 e. The van der Waals surface area contributed by atoms with E-state index >= 15 is 0 Å². The molecule has 0 unspecified atom stereocenters. The average Bonchev–Trinajstić information content (AvgIpc) is 2.61. The van der Waals surface area contributed by atoms with E-state index in [1.54, 1.807) is 24.3 Å². The molecule has 0 aliphatic rings. The molecule has 0 radical (unpaired) electrons. The molecule has 0 saturated carbocycles. The third kappa shape index (κ3) is 4.65. The van der Waals surface area contributed by atoms with Gasteiger partial charge < -0.3 is 25.5 Å². The first-order chi connectivity index (χ1) is 12.3. The number of rotatable bonds is 5. The Bertz CT molecular complexity index is 830. The van der Waals surface area contributed by atoms with Crippen LogP contribution >= 0.6 is 0 Å². The number of anilines is 1. The molecule has 0 spiro atoms. The molecular weight excluding hydrogens is 334 g/mol. The second kappa shape index (κ2) is 8.23. The number of aliphatic hydroxyl groups excluding tert-OH is 1. The van der Waals surface area contributed by atoms with E-state index in [4.69, 9.17) is 5.26 Å². The Morgan fingerprint density at radius 3 is 2.54 bits per heavy atom. The second-order valence-corrected chi connectivity index (χ2v) is 6.13. The van der Waals surface area contributed by atoms with Gasteiger partial charge in [-0.05, 0) is 49.7 Å². The Balaban J connectivity index is 2.13. The van der Waals surface area contributed by atoms with Crippen LogP contribution in [0.15, 0.2) is 42.5 Å². The van der Waals surface area contributed by atoms with Gasteiger partial charge >= 0.3 is 6.03 Å². The van der Waals surface area contributed by atoms with E-state index in [1.165, 1.54) is 23.1 Å². The maximum absolute atomic E-state index is 12.6. The Kier molecular flexibility index (Phi) is 6.04. The molecule has 7 nitrogen and oxygen atoms in total. The maximum Gasteiger partial charge on any atom is 0.322 e. The highest BCUT2D eigenvalue weighted by molar-refractivity contribution is 5.89. The maximum atomic E-state index is 12.6. The molecule has 4 N–H and O–H groups in total. The highest BCUT2D eigenvalue weighted by Gasteiger charge is 2.22. The number of carbonyl (C=O) groups excluding carboxylic acids is 1. The van der Waals surface area contributed by atoms with Crippen molar-refractivity contribution in [2.45, 2.75) is 26.0 Å². The zero-order chi connectivity index (χ0) is 19.3. The summed E-state index contributed by atoms with van der Waals surface area (Å²) in [6.07, 6.45) is -1.04. The van der Waals surface area contributed by atoms with Gasteiger partial charge in [-0.15, -0.1) is 0 Å². The number of aliphatic hydroxyl groups is 1. The minimum atomic E-state index is -1.04. The first kappa shape index (κ1) is 19.1. The van der Waals surface area contributed by atoms with Crippen molar-refractivity contribution in [2.24, 2.45) is 0 Å². The molecule has 0 aliphatic heterocycles. The summed E-state index contributed by atoms with van der Waals surface area (Å²) in [7, 11) is 0. The van der Waals surface area contributed by atoms with E-state index < -0.39 is 12.1 Å². The minimum absolute atomic E-state index is 0.00828. The zero-order valence-corrected chi connectivity index (χ0v) is 14.5. The van der Waals surface area contributed by atoms with Gasteiger partial charge in [-0.2, -0.15) is 5.26 Å². The molecule has 0 fully saturated rings. The van der Waals surface area contributed by atoms with Crippen LogP contribution in [0.25, 0.3) is 0 Å². The fourth-order valence-electron chi connectivity index (χ4n) is 2.43. The molecule has 2 amide bonds. The van der Waals surface area contributed by atoms with Crippen LogP contribution < -0.4 is 5.32 Å². The lowest BCUT2D eigenvalue weighted by Gasteiger charge is -2.29. The summed E-state index contributed by atoms with van der Waals surface area (Å²) in [4.78, 5) is 14.0. The summed E-state index contributed by atoms with van der Waals surface area (Å²) < 4.78 is 0. The molecule has 0 heterocycles. The number of nitrogens with zero attached hydrogens (tertiary/aromatic N) is 2. The zero-order valence-electron chi connectivity index (χ0n) is 14.5. The van der Waals surface area contributed by atoms with Gasteiger partial charge in [0.25, 0.3) is 0 Å². The number of aromatic hydroxyl groups is 2. The van der Waals surface area contributed by atoms with Crippen LogP contribution in [0, 0.1) is 11.3 Å². The van der Waals surface area contributed by atoms with Crippen LogP contribution in [0.1, 0.15) is 31.1 Å². The topological polar surface area (TPSA) is 117 Å². The van der Waals surface area contributed by atoms with Gasteiger partial charge in [0.1, 0.15) is 0 Å². The van der Waals surface area contributed by atoms with E-state index in [-0.39, 0.29) is 24.1 Å². The monoisotopic (exact) mass is 355 g/mol. The van der Waals surface area contributed by atoms with Gasteiger partial charge in [0.2, 0.25) is 0 Å². The van der Waals surface area contributed by atoms with E-state index in [9.17, 15) is 20.1 Å². The van der Waals surface area contributed by atoms with Crippen molar-refractivity contribution in [3.05, 3.63) is 53.6 Å². The van der Waals surface area contributed by atoms with E-state index in [2.05, 4.69) is 5.32 Å². The lowest BCUT2D eigenvalue weighted by atomic mass is 10.1. The highest BCUT2D eigenvalue weighted by Crippen LogP contribution is 2.28. The van der Waals surface area contributed by atoms with Crippen molar-refractivity contribution in [1.29, 1.82) is 5.26 Å². The van der Waals surface area contributed by atoms with Crippen molar-refractivity contribution < 1.29 is 20.1 Å². The highest BCUT2D eigenvalue weighted by atomic mass is 16.3. The number of phenols is 2. The Morgan fingerprint density at radius 1 is 1.19 bits per heavy atom. The van der Waals surface area contributed by atoms with Crippen LogP contribution in [-0.4, -0.2) is 38.8 Å². The molecule has 7 heteroatoms. The van der Waals surface area contributed by atoms with Gasteiger partial charge in [-0.1, -0.05) is 12.1 Å². The summed E-state index contributed by atoms with van der Waals surface area (Å²) >= 11 is 0. The normalized spacial score (nSPS) is 11.7. The molecule has 0 aliphatic carbocycles. The number of amides is 2. The van der Waals surface area contributed by atoms with Crippen LogP contribution in [0.2, 0.25) is 0 Å². The number of nitrogens with one attached hydrogen (secondary N) is 1. The predicted molar refractivity (Wildman–Crippen MR) is 96.7 cm³/mol. The van der Waals surface area contributed by atoms with Crippen LogP contribution in [-0.2, 0) is 0 Å². The number of hydrogen-bond acceptors (Lipinski definition) is 5. The number of hydrogen-bond donors (Lipinski definition) is 4. The van der Waals surface area contributed by atoms with Gasteiger partial charge in [-0.25, -0.2) is 4.79 Å². The quantitative estimate of drug-likeness (QED) is 0.615. The van der Waals surface area contributed by atoms with Crippen molar-refractivity contribution in [2.75, 3.05) is 11.9 Å². The SMILES string of the molecule is CC(C)N(C[C@@H](O)c1ccc(O)c(O)c1)C(=O)Nc1cccc(C#N)c1. The standard InChI is InChI=1S/C19H21N3O4/c1-12(2)22(11-18(25)14-6-7-16(23)17(24)9-14)19(26)21-15-5-3-4-13(8-15)10-20/h3-9,12,18,23-25H,11H2,1-2H3,(H,21,26)/t18-/m1/s1. The third-order valence-corrected chi connectivity index (χ3v) is 3.88. The largest absolute Gasteiger partial charge is 0.504 e. The number of urea groups is 1. The summed E-state index contributed by atoms with van der Waals surface area (Å²) in [5.41, 5.74) is 1.29. The second-order valence-electron chi connectivity index (χ2n) is 6.13. The molecule has 2 aromatic rings. The fourth-order valence-corrected chi connectivity index (χ4v) is 2.43. The number of benzene rings is 2. The summed E-state index contributed by atoms with van der Waals surface area (Å²) in [6, 6.07) is 11.9. The molecule has 0 saturated heterocycles. The number of phenolic OH excluding ortho intramolecular Hbond substituents is 2. The van der Waals surface area contributed by atoms with Crippen molar-refractivity contribution in [3.63, 3.8) is 0 Å². The van der Waals surface area contributed by atoms with Gasteiger partial charge in [0.05, 0.1) is 24.3 Å². The summed E-state index contributed by atoms with van der Waals surface area (Å²) in [5.74, 6) is -0.618. The molecule has 2 rings (SSSR count). The molecule has 1 atom stereocenters. The first-order valence-corrected chi connectivity index (χ1v) is 8.09. The lowest BCUT2D eigenvalue weighted by Crippen LogP contribution is -2.42. The summed E-state index contributed by atoms with van der Waals surface area (Å²) in [6.45, 7) is 3.62. The Morgan fingerprint density at radius 2 is 1.92 bits per heavy atom. The fraction of sp³-hybridized carbons (Fsp3) is 0.263. The molecule has 2 aromatic carbocycles. The van der Waals surface area contributed by atoms with Crippen LogP contribution in [0.3, 0.4) is 0 Å². The third-order valence-electron chi connectivity index (χ3n) is 3.88. The average molecular weight is 355 g/mol. The molecule has 136 valence electrons. The van der Waals surface area contributed by atoms with Crippen molar-refractivity contribution in [3.8, 4) is 17.6 Å². The Labute approximate surface area is 151 Å².